The number of ether oxygens (including phenoxy) is 1. The van der Waals surface area contributed by atoms with Gasteiger partial charge in [-0.2, -0.15) is 0 Å². The number of carbonyl (C=O) groups is 1. The van der Waals surface area contributed by atoms with Gasteiger partial charge in [0.1, 0.15) is 6.10 Å². The van der Waals surface area contributed by atoms with Crippen LogP contribution in [0, 0.1) is 0 Å². The normalized spacial score (nSPS) is 21.4. The Kier molecular flexibility index (Phi) is 5.52. The molecule has 5 heteroatoms. The Morgan fingerprint density at radius 3 is 2.90 bits per heavy atom. The molecule has 2 atom stereocenters. The third-order valence-corrected chi connectivity index (χ3v) is 3.45. The highest BCUT2D eigenvalue weighted by Crippen LogP contribution is 2.06. The molecule has 2 N–H and O–H groups in total. The Hall–Kier alpha value is -1.43. The molecule has 0 radical (unpaired) electrons. The Morgan fingerprint density at radius 1 is 1.50 bits per heavy atom. The molecular weight excluding hydrogens is 256 g/mol. The van der Waals surface area contributed by atoms with E-state index in [1.807, 2.05) is 37.4 Å². The van der Waals surface area contributed by atoms with Crippen LogP contribution < -0.4 is 5.32 Å². The lowest BCUT2D eigenvalue weighted by Gasteiger charge is -2.30. The van der Waals surface area contributed by atoms with Crippen molar-refractivity contribution in [3.05, 3.63) is 35.9 Å². The molecule has 0 unspecified atom stereocenters. The second-order valence-corrected chi connectivity index (χ2v) is 5.20. The van der Waals surface area contributed by atoms with Crippen molar-refractivity contribution in [3.63, 3.8) is 0 Å². The van der Waals surface area contributed by atoms with Gasteiger partial charge in [-0.05, 0) is 19.0 Å². The maximum atomic E-state index is 12.1. The summed E-state index contributed by atoms with van der Waals surface area (Å²) in [6.07, 6.45) is 0.171. The molecule has 20 heavy (non-hydrogen) atoms. The number of nitrogens with zero attached hydrogens (tertiary/aromatic N) is 1. The van der Waals surface area contributed by atoms with Crippen molar-refractivity contribution in [2.75, 3.05) is 33.4 Å². The van der Waals surface area contributed by atoms with E-state index in [2.05, 4.69) is 10.2 Å². The van der Waals surface area contributed by atoms with Crippen LogP contribution in [0.15, 0.2) is 30.3 Å². The summed E-state index contributed by atoms with van der Waals surface area (Å²) in [4.78, 5) is 14.2. The van der Waals surface area contributed by atoms with Crippen LogP contribution in [0.25, 0.3) is 0 Å². The van der Waals surface area contributed by atoms with Crippen molar-refractivity contribution in [1.29, 1.82) is 0 Å². The van der Waals surface area contributed by atoms with Crippen LogP contribution in [0.5, 0.6) is 0 Å². The van der Waals surface area contributed by atoms with Crippen LogP contribution in [-0.4, -0.2) is 61.4 Å². The summed E-state index contributed by atoms with van der Waals surface area (Å²) < 4.78 is 5.47. The van der Waals surface area contributed by atoms with Crippen LogP contribution in [0.3, 0.4) is 0 Å². The minimum absolute atomic E-state index is 0.0802. The minimum atomic E-state index is -0.446. The van der Waals surface area contributed by atoms with Crippen molar-refractivity contribution in [3.8, 4) is 0 Å². The summed E-state index contributed by atoms with van der Waals surface area (Å²) >= 11 is 0. The molecule has 1 aromatic carbocycles. The molecule has 1 aliphatic rings. The summed E-state index contributed by atoms with van der Waals surface area (Å²) in [5.74, 6) is -0.147. The first-order chi connectivity index (χ1) is 9.69. The number of hydrogen-bond acceptors (Lipinski definition) is 4. The molecule has 1 aliphatic heterocycles. The third-order valence-electron chi connectivity index (χ3n) is 3.45. The van der Waals surface area contributed by atoms with E-state index < -0.39 is 6.10 Å². The number of carbonyl (C=O) groups excluding carboxylic acids is 1. The molecule has 0 aliphatic carbocycles. The lowest BCUT2D eigenvalue weighted by atomic mass is 10.1. The average molecular weight is 278 g/mol. The van der Waals surface area contributed by atoms with Crippen molar-refractivity contribution in [1.82, 2.24) is 10.2 Å². The van der Waals surface area contributed by atoms with Crippen LogP contribution in [0.4, 0.5) is 0 Å². The highest BCUT2D eigenvalue weighted by atomic mass is 16.5. The molecule has 0 saturated carbocycles. The van der Waals surface area contributed by atoms with E-state index in [0.29, 0.717) is 19.6 Å². The van der Waals surface area contributed by atoms with Gasteiger partial charge in [-0.25, -0.2) is 0 Å². The second-order valence-electron chi connectivity index (χ2n) is 5.20. The molecule has 1 amide bonds. The van der Waals surface area contributed by atoms with Gasteiger partial charge in [-0.1, -0.05) is 30.3 Å². The van der Waals surface area contributed by atoms with Crippen molar-refractivity contribution in [2.24, 2.45) is 0 Å². The first-order valence-electron chi connectivity index (χ1n) is 6.94. The van der Waals surface area contributed by atoms with Gasteiger partial charge in [0.2, 0.25) is 0 Å². The molecule has 2 rings (SSSR count). The number of hydrogen-bond donors (Lipinski definition) is 2. The quantitative estimate of drug-likeness (QED) is 0.798. The summed E-state index contributed by atoms with van der Waals surface area (Å²) in [7, 11) is 1.97. The fourth-order valence-electron chi connectivity index (χ4n) is 2.29. The first kappa shape index (κ1) is 15.0. The van der Waals surface area contributed by atoms with Crippen LogP contribution >= 0.6 is 0 Å². The Balaban J connectivity index is 1.87. The smallest absolute Gasteiger partial charge is 0.250 e. The third kappa shape index (κ3) is 4.30. The van der Waals surface area contributed by atoms with Crippen molar-refractivity contribution < 1.29 is 14.6 Å². The Bertz CT molecular complexity index is 424. The van der Waals surface area contributed by atoms with E-state index in [1.54, 1.807) is 0 Å². The summed E-state index contributed by atoms with van der Waals surface area (Å²) in [6, 6.07) is 9.54. The topological polar surface area (TPSA) is 61.8 Å². The molecule has 5 nitrogen and oxygen atoms in total. The first-order valence-corrected chi connectivity index (χ1v) is 6.94. The monoisotopic (exact) mass is 278 g/mol. The van der Waals surface area contributed by atoms with Gasteiger partial charge in [0.25, 0.3) is 5.91 Å². The molecule has 1 saturated heterocycles. The highest BCUT2D eigenvalue weighted by Gasteiger charge is 2.26. The van der Waals surface area contributed by atoms with Gasteiger partial charge in [-0.3, -0.25) is 4.79 Å². The fourth-order valence-corrected chi connectivity index (χ4v) is 2.29. The van der Waals surface area contributed by atoms with E-state index in [0.717, 1.165) is 12.1 Å². The predicted molar refractivity (Wildman–Crippen MR) is 76.4 cm³/mol. The number of morpholine rings is 1. The molecule has 110 valence electrons. The minimum Gasteiger partial charge on any atom is -0.394 e. The predicted octanol–water partition coefficient (Wildman–Crippen LogP) is 0.0368. The van der Waals surface area contributed by atoms with Gasteiger partial charge < -0.3 is 20.1 Å². The summed E-state index contributed by atoms with van der Waals surface area (Å²) in [5.41, 5.74) is 1.09. The van der Waals surface area contributed by atoms with E-state index in [4.69, 9.17) is 4.74 Å². The maximum absolute atomic E-state index is 12.1. The van der Waals surface area contributed by atoms with E-state index in [1.165, 1.54) is 0 Å². The molecule has 0 spiro atoms. The molecule has 0 aromatic heterocycles. The van der Waals surface area contributed by atoms with Gasteiger partial charge >= 0.3 is 0 Å². The largest absolute Gasteiger partial charge is 0.394 e. The molecule has 0 bridgehead atoms. The number of nitrogens with one attached hydrogen (secondary N) is 1. The van der Waals surface area contributed by atoms with Crippen molar-refractivity contribution in [2.45, 2.75) is 18.6 Å². The summed E-state index contributed by atoms with van der Waals surface area (Å²) in [6.45, 7) is 1.92. The SMILES string of the molecule is CN1CCO[C@H](C(=O)N[C@@H](CO)Cc2ccccc2)C1. The number of benzene rings is 1. The molecule has 1 aromatic rings. The lowest BCUT2D eigenvalue weighted by Crippen LogP contribution is -2.51. The molecular formula is C15H22N2O3. The van der Waals surface area contributed by atoms with Crippen LogP contribution in [0.1, 0.15) is 5.56 Å². The zero-order valence-electron chi connectivity index (χ0n) is 11.8. The highest BCUT2D eigenvalue weighted by molar-refractivity contribution is 5.81. The molecule has 1 heterocycles. The zero-order chi connectivity index (χ0) is 14.4. The van der Waals surface area contributed by atoms with Crippen LogP contribution in [-0.2, 0) is 16.0 Å². The standard InChI is InChI=1S/C15H22N2O3/c1-17-7-8-20-14(10-17)15(19)16-13(11-18)9-12-5-3-2-4-6-12/h2-6,13-14,18H,7-11H2,1H3,(H,16,19)/t13-,14+/m1/s1. The van der Waals surface area contributed by atoms with E-state index in [-0.39, 0.29) is 18.6 Å². The zero-order valence-corrected chi connectivity index (χ0v) is 11.8. The fraction of sp³-hybridized carbons (Fsp3) is 0.533. The summed E-state index contributed by atoms with van der Waals surface area (Å²) in [5, 5.41) is 12.3. The Morgan fingerprint density at radius 2 is 2.25 bits per heavy atom. The Labute approximate surface area is 119 Å². The van der Waals surface area contributed by atoms with E-state index >= 15 is 0 Å². The number of rotatable bonds is 5. The number of aliphatic hydroxyl groups is 1. The maximum Gasteiger partial charge on any atom is 0.250 e. The number of aliphatic hydroxyl groups excluding tert-OH is 1. The average Bonchev–Trinajstić information content (AvgIpc) is 2.47. The van der Waals surface area contributed by atoms with Gasteiger partial charge in [-0.15, -0.1) is 0 Å². The van der Waals surface area contributed by atoms with Gasteiger partial charge in [0, 0.05) is 13.1 Å². The van der Waals surface area contributed by atoms with Gasteiger partial charge in [0.05, 0.1) is 19.3 Å². The number of likely N-dealkylation sites (N-methyl/N-ethyl adjacent to an activating group) is 1. The van der Waals surface area contributed by atoms with Gasteiger partial charge in [0.15, 0.2) is 0 Å². The van der Waals surface area contributed by atoms with E-state index in [9.17, 15) is 9.90 Å². The van der Waals surface area contributed by atoms with Crippen LogP contribution in [0.2, 0.25) is 0 Å². The molecule has 1 fully saturated rings. The lowest BCUT2D eigenvalue weighted by molar-refractivity contribution is -0.138. The number of amides is 1. The van der Waals surface area contributed by atoms with Crippen molar-refractivity contribution >= 4 is 5.91 Å². The second kappa shape index (κ2) is 7.38.